The van der Waals surface area contributed by atoms with Crippen LogP contribution in [0.25, 0.3) is 10.2 Å². The molecule has 0 aliphatic carbocycles. The first-order chi connectivity index (χ1) is 13.6. The van der Waals surface area contributed by atoms with E-state index < -0.39 is 0 Å². The number of quaternary nitrogens is 1. The standard InChI is InChI=1S/C22H26N4OS/c1-16-8-9-19-20(17(16)2)24-22(28-19)26-14-12-25(13-15-26)11-10-23-21(27)18-6-4-3-5-7-18/h3-9H,10-15H2,1-2H3,(H,23,27)/p+1. The van der Waals surface area contributed by atoms with Crippen molar-refractivity contribution >= 4 is 32.6 Å². The molecule has 6 heteroatoms. The summed E-state index contributed by atoms with van der Waals surface area (Å²) in [7, 11) is 0. The number of aromatic nitrogens is 1. The summed E-state index contributed by atoms with van der Waals surface area (Å²) in [5.41, 5.74) is 4.47. The molecule has 2 N–H and O–H groups in total. The predicted octanol–water partition coefficient (Wildman–Crippen LogP) is 2.05. The highest BCUT2D eigenvalue weighted by molar-refractivity contribution is 7.22. The van der Waals surface area contributed by atoms with E-state index >= 15 is 0 Å². The van der Waals surface area contributed by atoms with Gasteiger partial charge in [-0.1, -0.05) is 35.6 Å². The zero-order chi connectivity index (χ0) is 19.5. The summed E-state index contributed by atoms with van der Waals surface area (Å²) >= 11 is 1.80. The van der Waals surface area contributed by atoms with Gasteiger partial charge < -0.3 is 15.1 Å². The minimum absolute atomic E-state index is 0.0128. The highest BCUT2D eigenvalue weighted by Crippen LogP contribution is 2.31. The number of hydrogen-bond donors (Lipinski definition) is 2. The fourth-order valence-electron chi connectivity index (χ4n) is 3.66. The smallest absolute Gasteiger partial charge is 0.251 e. The van der Waals surface area contributed by atoms with Gasteiger partial charge in [0.1, 0.15) is 0 Å². The Morgan fingerprint density at radius 2 is 1.89 bits per heavy atom. The molecule has 1 saturated heterocycles. The minimum Gasteiger partial charge on any atom is -0.346 e. The molecular weight excluding hydrogens is 368 g/mol. The van der Waals surface area contributed by atoms with Crippen LogP contribution < -0.4 is 15.1 Å². The van der Waals surface area contributed by atoms with Crippen molar-refractivity contribution in [3.63, 3.8) is 0 Å². The molecule has 28 heavy (non-hydrogen) atoms. The van der Waals surface area contributed by atoms with Crippen LogP contribution >= 0.6 is 11.3 Å². The maximum absolute atomic E-state index is 12.1. The SMILES string of the molecule is Cc1ccc2sc(N3CC[NH+](CCNC(=O)c4ccccc4)CC3)nc2c1C. The summed E-state index contributed by atoms with van der Waals surface area (Å²) in [4.78, 5) is 21.0. The number of fused-ring (bicyclic) bond motifs is 1. The van der Waals surface area contributed by atoms with Gasteiger partial charge in [-0.15, -0.1) is 0 Å². The van der Waals surface area contributed by atoms with Gasteiger partial charge in [0.25, 0.3) is 5.91 Å². The molecule has 146 valence electrons. The molecule has 3 aromatic rings. The zero-order valence-electron chi connectivity index (χ0n) is 16.5. The second-order valence-corrected chi connectivity index (χ2v) is 8.47. The fourth-order valence-corrected chi connectivity index (χ4v) is 4.73. The van der Waals surface area contributed by atoms with E-state index in [0.29, 0.717) is 6.54 Å². The normalized spacial score (nSPS) is 15.1. The fraction of sp³-hybridized carbons (Fsp3) is 0.364. The van der Waals surface area contributed by atoms with E-state index in [-0.39, 0.29) is 5.91 Å². The van der Waals surface area contributed by atoms with Gasteiger partial charge in [0, 0.05) is 5.56 Å². The summed E-state index contributed by atoms with van der Waals surface area (Å²) in [6.45, 7) is 10.2. The molecule has 2 heterocycles. The lowest BCUT2D eigenvalue weighted by Crippen LogP contribution is -3.15. The van der Waals surface area contributed by atoms with Crippen molar-refractivity contribution in [2.24, 2.45) is 0 Å². The Bertz CT molecular complexity index is 961. The average Bonchev–Trinajstić information content (AvgIpc) is 3.17. The van der Waals surface area contributed by atoms with Gasteiger partial charge in [0.05, 0.1) is 49.5 Å². The Labute approximate surface area is 170 Å². The molecule has 0 saturated carbocycles. The van der Waals surface area contributed by atoms with Crippen LogP contribution in [-0.4, -0.2) is 50.2 Å². The average molecular weight is 396 g/mol. The Morgan fingerprint density at radius 1 is 1.14 bits per heavy atom. The number of hydrogen-bond acceptors (Lipinski definition) is 4. The van der Waals surface area contributed by atoms with Crippen LogP contribution in [0, 0.1) is 13.8 Å². The van der Waals surface area contributed by atoms with E-state index in [2.05, 4.69) is 36.2 Å². The third-order valence-electron chi connectivity index (χ3n) is 5.61. The molecule has 0 bridgehead atoms. The lowest BCUT2D eigenvalue weighted by Gasteiger charge is -2.32. The number of rotatable bonds is 5. The topological polar surface area (TPSA) is 49.7 Å². The molecular formula is C22H27N4OS+. The number of amides is 1. The van der Waals surface area contributed by atoms with E-state index in [0.717, 1.165) is 48.9 Å². The number of piperazine rings is 1. The molecule has 1 amide bonds. The van der Waals surface area contributed by atoms with Crippen LogP contribution in [0.2, 0.25) is 0 Å². The van der Waals surface area contributed by atoms with Gasteiger partial charge >= 0.3 is 0 Å². The third kappa shape index (κ3) is 4.03. The van der Waals surface area contributed by atoms with E-state index in [9.17, 15) is 4.79 Å². The van der Waals surface area contributed by atoms with Crippen molar-refractivity contribution in [1.82, 2.24) is 10.3 Å². The number of nitrogens with zero attached hydrogens (tertiary/aromatic N) is 2. The van der Waals surface area contributed by atoms with Crippen molar-refractivity contribution in [1.29, 1.82) is 0 Å². The van der Waals surface area contributed by atoms with Crippen LogP contribution in [0.1, 0.15) is 21.5 Å². The molecule has 1 aromatic heterocycles. The Hall–Kier alpha value is -2.44. The van der Waals surface area contributed by atoms with Crippen molar-refractivity contribution in [3.8, 4) is 0 Å². The van der Waals surface area contributed by atoms with Crippen LogP contribution in [0.4, 0.5) is 5.13 Å². The summed E-state index contributed by atoms with van der Waals surface area (Å²) in [6, 6.07) is 13.8. The first-order valence-corrected chi connectivity index (χ1v) is 10.7. The molecule has 1 aliphatic rings. The summed E-state index contributed by atoms with van der Waals surface area (Å²) in [5.74, 6) is 0.0128. The second kappa shape index (κ2) is 8.29. The molecule has 2 aromatic carbocycles. The van der Waals surface area contributed by atoms with Crippen LogP contribution in [0.5, 0.6) is 0 Å². The first-order valence-electron chi connectivity index (χ1n) is 9.90. The summed E-state index contributed by atoms with van der Waals surface area (Å²) < 4.78 is 1.27. The molecule has 0 atom stereocenters. The van der Waals surface area contributed by atoms with Gasteiger partial charge in [-0.25, -0.2) is 4.98 Å². The van der Waals surface area contributed by atoms with Gasteiger partial charge in [0.2, 0.25) is 0 Å². The number of benzene rings is 2. The molecule has 0 unspecified atom stereocenters. The van der Waals surface area contributed by atoms with Gasteiger partial charge in [0.15, 0.2) is 5.13 Å². The molecule has 5 nitrogen and oxygen atoms in total. The predicted molar refractivity (Wildman–Crippen MR) is 116 cm³/mol. The maximum Gasteiger partial charge on any atom is 0.251 e. The molecule has 0 radical (unpaired) electrons. The molecule has 4 rings (SSSR count). The highest BCUT2D eigenvalue weighted by Gasteiger charge is 2.22. The van der Waals surface area contributed by atoms with Gasteiger partial charge in [-0.05, 0) is 43.2 Å². The minimum atomic E-state index is 0.0128. The van der Waals surface area contributed by atoms with E-state index in [1.807, 2.05) is 30.3 Å². The number of aryl methyl sites for hydroxylation is 2. The number of carbonyl (C=O) groups excluding carboxylic acids is 1. The Kier molecular flexibility index (Phi) is 5.59. The van der Waals surface area contributed by atoms with E-state index in [4.69, 9.17) is 4.98 Å². The number of carbonyl (C=O) groups is 1. The lowest BCUT2D eigenvalue weighted by molar-refractivity contribution is -0.899. The van der Waals surface area contributed by atoms with Crippen molar-refractivity contribution < 1.29 is 9.69 Å². The summed E-state index contributed by atoms with van der Waals surface area (Å²) in [6.07, 6.45) is 0. The zero-order valence-corrected chi connectivity index (χ0v) is 17.3. The number of anilines is 1. The van der Waals surface area contributed by atoms with Crippen LogP contribution in [0.3, 0.4) is 0 Å². The summed E-state index contributed by atoms with van der Waals surface area (Å²) in [5, 5.41) is 4.17. The highest BCUT2D eigenvalue weighted by atomic mass is 32.1. The maximum atomic E-state index is 12.1. The lowest BCUT2D eigenvalue weighted by atomic mass is 10.1. The Balaban J connectivity index is 1.28. The Morgan fingerprint density at radius 3 is 2.64 bits per heavy atom. The first kappa shape index (κ1) is 18.9. The number of nitrogens with one attached hydrogen (secondary N) is 2. The van der Waals surface area contributed by atoms with E-state index in [1.165, 1.54) is 20.7 Å². The molecule has 1 aliphatic heterocycles. The number of thiazole rings is 1. The quantitative estimate of drug-likeness (QED) is 0.695. The second-order valence-electron chi connectivity index (χ2n) is 7.46. The van der Waals surface area contributed by atoms with Crippen LogP contribution in [-0.2, 0) is 0 Å². The van der Waals surface area contributed by atoms with Crippen molar-refractivity contribution in [2.75, 3.05) is 44.2 Å². The van der Waals surface area contributed by atoms with Crippen LogP contribution in [0.15, 0.2) is 42.5 Å². The van der Waals surface area contributed by atoms with Crippen molar-refractivity contribution in [2.45, 2.75) is 13.8 Å². The van der Waals surface area contributed by atoms with E-state index in [1.54, 1.807) is 11.3 Å². The van der Waals surface area contributed by atoms with Gasteiger partial charge in [-0.3, -0.25) is 4.79 Å². The molecule has 0 spiro atoms. The van der Waals surface area contributed by atoms with Crippen molar-refractivity contribution in [3.05, 3.63) is 59.2 Å². The third-order valence-corrected chi connectivity index (χ3v) is 6.70. The monoisotopic (exact) mass is 395 g/mol. The molecule has 1 fully saturated rings. The largest absolute Gasteiger partial charge is 0.346 e. The van der Waals surface area contributed by atoms with Gasteiger partial charge in [-0.2, -0.15) is 0 Å².